The number of nitrogens with one attached hydrogen (secondary N) is 2. The second-order valence-electron chi connectivity index (χ2n) is 6.56. The number of pyridine rings is 2. The number of carbonyl (C=O) groups is 1. The minimum atomic E-state index is -4.50. The fourth-order valence-electron chi connectivity index (χ4n) is 2.93. The Morgan fingerprint density at radius 2 is 1.80 bits per heavy atom. The van der Waals surface area contributed by atoms with E-state index in [1.165, 1.54) is 24.3 Å². The number of rotatable bonds is 4. The van der Waals surface area contributed by atoms with E-state index in [0.29, 0.717) is 16.9 Å². The normalized spacial score (nSPS) is 11.6. The van der Waals surface area contributed by atoms with Gasteiger partial charge < -0.3 is 10.3 Å². The lowest BCUT2D eigenvalue weighted by molar-refractivity contribution is -0.123. The summed E-state index contributed by atoms with van der Waals surface area (Å²) in [5, 5.41) is 2.56. The molecule has 3 heterocycles. The second kappa shape index (κ2) is 7.58. The minimum Gasteiger partial charge on any atom is -0.342 e. The first kappa shape index (κ1) is 19.6. The van der Waals surface area contributed by atoms with Gasteiger partial charge in [-0.15, -0.1) is 0 Å². The van der Waals surface area contributed by atoms with Gasteiger partial charge in [-0.1, -0.05) is 6.07 Å². The van der Waals surface area contributed by atoms with Crippen LogP contribution in [-0.4, -0.2) is 33.6 Å². The number of hydrogen-bond acceptors (Lipinski definition) is 3. The van der Waals surface area contributed by atoms with Gasteiger partial charge in [0, 0.05) is 22.8 Å². The van der Waals surface area contributed by atoms with Crippen LogP contribution in [0, 0.1) is 5.82 Å². The summed E-state index contributed by atoms with van der Waals surface area (Å²) in [7, 11) is 0. The third-order valence-electron chi connectivity index (χ3n) is 4.35. The van der Waals surface area contributed by atoms with Gasteiger partial charge in [0.1, 0.15) is 23.7 Å². The number of amides is 1. The number of carbonyl (C=O) groups excluding carboxylic acids is 1. The molecule has 0 aliphatic carbocycles. The Morgan fingerprint density at radius 1 is 1.03 bits per heavy atom. The van der Waals surface area contributed by atoms with Crippen LogP contribution in [0.25, 0.3) is 33.5 Å². The highest BCUT2D eigenvalue weighted by molar-refractivity contribution is 5.93. The number of halogens is 4. The van der Waals surface area contributed by atoms with Gasteiger partial charge in [0.05, 0.1) is 5.69 Å². The van der Waals surface area contributed by atoms with Crippen LogP contribution in [0.2, 0.25) is 0 Å². The zero-order chi connectivity index (χ0) is 21.3. The molecule has 0 saturated carbocycles. The summed E-state index contributed by atoms with van der Waals surface area (Å²) < 4.78 is 50.0. The molecule has 30 heavy (non-hydrogen) atoms. The van der Waals surface area contributed by atoms with Crippen molar-refractivity contribution in [2.45, 2.75) is 6.18 Å². The summed E-state index contributed by atoms with van der Waals surface area (Å²) in [5.74, 6) is -1.25. The highest BCUT2D eigenvalue weighted by Crippen LogP contribution is 2.26. The van der Waals surface area contributed by atoms with Crippen LogP contribution in [0.5, 0.6) is 0 Å². The first-order valence-electron chi connectivity index (χ1n) is 8.85. The van der Waals surface area contributed by atoms with Gasteiger partial charge in [-0.3, -0.25) is 4.79 Å². The van der Waals surface area contributed by atoms with E-state index in [9.17, 15) is 22.4 Å². The molecule has 9 heteroatoms. The van der Waals surface area contributed by atoms with E-state index in [0.717, 1.165) is 16.6 Å². The predicted molar refractivity (Wildman–Crippen MR) is 103 cm³/mol. The molecule has 2 N–H and O–H groups in total. The highest BCUT2D eigenvalue weighted by Gasteiger charge is 2.28. The first-order valence-corrected chi connectivity index (χ1v) is 8.85. The molecule has 1 aromatic carbocycles. The van der Waals surface area contributed by atoms with Gasteiger partial charge in [-0.2, -0.15) is 13.2 Å². The van der Waals surface area contributed by atoms with Gasteiger partial charge in [-0.05, 0) is 54.1 Å². The molecule has 0 saturated heterocycles. The first-order chi connectivity index (χ1) is 14.3. The topological polar surface area (TPSA) is 70.7 Å². The Morgan fingerprint density at radius 3 is 2.53 bits per heavy atom. The van der Waals surface area contributed by atoms with Gasteiger partial charge >= 0.3 is 6.18 Å². The molecule has 1 amide bonds. The van der Waals surface area contributed by atoms with Crippen molar-refractivity contribution in [3.05, 3.63) is 72.3 Å². The molecule has 0 aliphatic rings. The lowest BCUT2D eigenvalue weighted by Crippen LogP contribution is -2.34. The maximum absolute atomic E-state index is 13.1. The molecule has 5 nitrogen and oxygen atoms in total. The fourth-order valence-corrected chi connectivity index (χ4v) is 2.93. The number of hydrogen-bond donors (Lipinski definition) is 2. The second-order valence-corrected chi connectivity index (χ2v) is 6.56. The van der Waals surface area contributed by atoms with Crippen LogP contribution in [-0.2, 0) is 0 Å². The van der Waals surface area contributed by atoms with E-state index in [1.807, 2.05) is 6.07 Å². The largest absolute Gasteiger partial charge is 0.405 e. The Labute approximate surface area is 167 Å². The monoisotopic (exact) mass is 414 g/mol. The number of alkyl halides is 3. The summed E-state index contributed by atoms with van der Waals surface area (Å²) in [6, 6.07) is 14.2. The van der Waals surface area contributed by atoms with Crippen molar-refractivity contribution >= 4 is 16.9 Å². The number of aromatic amines is 1. The van der Waals surface area contributed by atoms with Crippen LogP contribution in [0.1, 0.15) is 10.5 Å². The van der Waals surface area contributed by atoms with Crippen molar-refractivity contribution in [1.29, 1.82) is 0 Å². The molecule has 0 unspecified atom stereocenters. The maximum atomic E-state index is 13.1. The smallest absolute Gasteiger partial charge is 0.342 e. The molecular formula is C21H14F4N4O. The maximum Gasteiger partial charge on any atom is 0.405 e. The van der Waals surface area contributed by atoms with Crippen LogP contribution >= 0.6 is 0 Å². The molecule has 4 rings (SSSR count). The van der Waals surface area contributed by atoms with Crippen LogP contribution in [0.3, 0.4) is 0 Å². The van der Waals surface area contributed by atoms with Crippen molar-refractivity contribution in [2.24, 2.45) is 0 Å². The summed E-state index contributed by atoms with van der Waals surface area (Å²) in [6.45, 7) is -1.43. The summed E-state index contributed by atoms with van der Waals surface area (Å²) in [5.41, 5.74) is 3.02. The van der Waals surface area contributed by atoms with Crippen molar-refractivity contribution in [1.82, 2.24) is 20.3 Å². The van der Waals surface area contributed by atoms with Crippen molar-refractivity contribution in [3.8, 4) is 22.5 Å². The molecule has 0 atom stereocenters. The van der Waals surface area contributed by atoms with E-state index in [4.69, 9.17) is 0 Å². The van der Waals surface area contributed by atoms with Gasteiger partial charge in [0.15, 0.2) is 0 Å². The SMILES string of the molecule is O=C(NCC(F)(F)F)c1cccc(-c2cnc3[nH]c(-c4ccc(F)cc4)cc3c2)n1. The van der Waals surface area contributed by atoms with Crippen LogP contribution < -0.4 is 5.32 Å². The lowest BCUT2D eigenvalue weighted by atomic mass is 10.1. The molecule has 0 spiro atoms. The Kier molecular flexibility index (Phi) is 4.94. The van der Waals surface area contributed by atoms with Crippen molar-refractivity contribution in [2.75, 3.05) is 6.54 Å². The van der Waals surface area contributed by atoms with E-state index in [-0.39, 0.29) is 11.5 Å². The number of aromatic nitrogens is 3. The molecule has 4 aromatic rings. The number of benzene rings is 1. The van der Waals surface area contributed by atoms with E-state index in [1.54, 1.807) is 35.8 Å². The average molecular weight is 414 g/mol. The van der Waals surface area contributed by atoms with Crippen molar-refractivity contribution < 1.29 is 22.4 Å². The zero-order valence-corrected chi connectivity index (χ0v) is 15.3. The summed E-state index contributed by atoms with van der Waals surface area (Å²) >= 11 is 0. The van der Waals surface area contributed by atoms with Crippen LogP contribution in [0.15, 0.2) is 60.8 Å². The van der Waals surface area contributed by atoms with Crippen LogP contribution in [0.4, 0.5) is 17.6 Å². The molecule has 0 bridgehead atoms. The average Bonchev–Trinajstić information content (AvgIpc) is 3.15. The molecule has 152 valence electrons. The number of nitrogens with zero attached hydrogens (tertiary/aromatic N) is 2. The minimum absolute atomic E-state index is 0.127. The van der Waals surface area contributed by atoms with E-state index in [2.05, 4.69) is 15.0 Å². The number of fused-ring (bicyclic) bond motifs is 1. The Balaban J connectivity index is 1.62. The zero-order valence-electron chi connectivity index (χ0n) is 15.3. The summed E-state index contributed by atoms with van der Waals surface area (Å²) in [6.07, 6.45) is -2.95. The van der Waals surface area contributed by atoms with Gasteiger partial charge in [0.25, 0.3) is 5.91 Å². The van der Waals surface area contributed by atoms with Gasteiger partial charge in [-0.25, -0.2) is 14.4 Å². The van der Waals surface area contributed by atoms with Gasteiger partial charge in [0.2, 0.25) is 0 Å². The van der Waals surface area contributed by atoms with E-state index >= 15 is 0 Å². The third-order valence-corrected chi connectivity index (χ3v) is 4.35. The highest BCUT2D eigenvalue weighted by atomic mass is 19.4. The molecule has 3 aromatic heterocycles. The number of H-pyrrole nitrogens is 1. The molecule has 0 radical (unpaired) electrons. The van der Waals surface area contributed by atoms with E-state index < -0.39 is 18.6 Å². The predicted octanol–water partition coefficient (Wildman–Crippen LogP) is 4.72. The van der Waals surface area contributed by atoms with Crippen molar-refractivity contribution in [3.63, 3.8) is 0 Å². The quantitative estimate of drug-likeness (QED) is 0.475. The fraction of sp³-hybridized carbons (Fsp3) is 0.0952. The molecule has 0 fully saturated rings. The summed E-state index contributed by atoms with van der Waals surface area (Å²) in [4.78, 5) is 23.6. The lowest BCUT2D eigenvalue weighted by Gasteiger charge is -2.08. The molecule has 0 aliphatic heterocycles. The standard InChI is InChI=1S/C21H14F4N4O/c22-15-6-4-12(5-7-15)18-9-13-8-14(10-26-19(13)29-18)16-2-1-3-17(28-16)20(30)27-11-21(23,24)25/h1-10H,11H2,(H,26,29)(H,27,30). The molecular weight excluding hydrogens is 400 g/mol. The third kappa shape index (κ3) is 4.29. The Hall–Kier alpha value is -3.75. The Bertz CT molecular complexity index is 1220.